The molecule has 1 heteroatoms. The van der Waals surface area contributed by atoms with Crippen LogP contribution >= 0.6 is 0 Å². The van der Waals surface area contributed by atoms with Gasteiger partial charge in [-0.3, -0.25) is 4.79 Å². The first-order valence-electron chi connectivity index (χ1n) is 8.26. The Bertz CT molecular complexity index is 888. The third kappa shape index (κ3) is 2.90. The van der Waals surface area contributed by atoms with E-state index in [1.165, 1.54) is 16.7 Å². The van der Waals surface area contributed by atoms with Gasteiger partial charge in [0, 0.05) is 11.1 Å². The lowest BCUT2D eigenvalue weighted by atomic mass is 9.90. The minimum Gasteiger partial charge on any atom is -0.289 e. The van der Waals surface area contributed by atoms with Gasteiger partial charge in [0.2, 0.25) is 0 Å². The van der Waals surface area contributed by atoms with E-state index in [2.05, 4.69) is 32.9 Å². The largest absolute Gasteiger partial charge is 0.289 e. The molecule has 24 heavy (non-hydrogen) atoms. The van der Waals surface area contributed by atoms with Crippen LogP contribution in [-0.4, -0.2) is 5.78 Å². The SMILES string of the molecule is Cc1cc(C(=O)c2ccc(-c3ccccc3)cc2)c(C)c(C)c1C. The van der Waals surface area contributed by atoms with E-state index in [1.54, 1.807) is 0 Å². The Labute approximate surface area is 144 Å². The van der Waals surface area contributed by atoms with E-state index in [9.17, 15) is 4.79 Å². The predicted octanol–water partition coefficient (Wildman–Crippen LogP) is 5.82. The molecule has 3 rings (SSSR count). The van der Waals surface area contributed by atoms with E-state index in [0.717, 1.165) is 27.8 Å². The van der Waals surface area contributed by atoms with Crippen molar-refractivity contribution in [3.63, 3.8) is 0 Å². The molecule has 0 heterocycles. The zero-order valence-electron chi connectivity index (χ0n) is 14.7. The zero-order chi connectivity index (χ0) is 17.3. The van der Waals surface area contributed by atoms with Gasteiger partial charge in [-0.1, -0.05) is 54.6 Å². The van der Waals surface area contributed by atoms with Crippen LogP contribution in [-0.2, 0) is 0 Å². The molecular formula is C23H22O. The number of aryl methyl sites for hydroxylation is 1. The van der Waals surface area contributed by atoms with Crippen molar-refractivity contribution in [2.24, 2.45) is 0 Å². The maximum absolute atomic E-state index is 12.9. The normalized spacial score (nSPS) is 10.7. The smallest absolute Gasteiger partial charge is 0.193 e. The van der Waals surface area contributed by atoms with E-state index in [1.807, 2.05) is 55.5 Å². The number of carbonyl (C=O) groups is 1. The van der Waals surface area contributed by atoms with Crippen molar-refractivity contribution in [1.82, 2.24) is 0 Å². The number of rotatable bonds is 3. The maximum atomic E-state index is 12.9. The first-order chi connectivity index (χ1) is 11.5. The molecule has 0 aliphatic carbocycles. The summed E-state index contributed by atoms with van der Waals surface area (Å²) < 4.78 is 0. The lowest BCUT2D eigenvalue weighted by Gasteiger charge is -2.14. The fraction of sp³-hybridized carbons (Fsp3) is 0.174. The molecule has 0 atom stereocenters. The highest BCUT2D eigenvalue weighted by atomic mass is 16.1. The second-order valence-corrected chi connectivity index (χ2v) is 6.39. The van der Waals surface area contributed by atoms with Crippen LogP contribution in [0.2, 0.25) is 0 Å². The molecule has 0 saturated heterocycles. The molecule has 0 saturated carbocycles. The first kappa shape index (κ1) is 16.2. The highest BCUT2D eigenvalue weighted by Gasteiger charge is 2.15. The molecule has 0 amide bonds. The van der Waals surface area contributed by atoms with E-state index in [0.29, 0.717) is 0 Å². The van der Waals surface area contributed by atoms with Crippen LogP contribution in [0.3, 0.4) is 0 Å². The van der Waals surface area contributed by atoms with Crippen LogP contribution in [0.4, 0.5) is 0 Å². The van der Waals surface area contributed by atoms with Crippen LogP contribution in [0.15, 0.2) is 60.7 Å². The van der Waals surface area contributed by atoms with Gasteiger partial charge in [-0.2, -0.15) is 0 Å². The van der Waals surface area contributed by atoms with Crippen molar-refractivity contribution in [3.05, 3.63) is 94.0 Å². The quantitative estimate of drug-likeness (QED) is 0.557. The molecule has 0 N–H and O–H groups in total. The van der Waals surface area contributed by atoms with Crippen LogP contribution in [0.5, 0.6) is 0 Å². The molecule has 0 spiro atoms. The summed E-state index contributed by atoms with van der Waals surface area (Å²) in [5.74, 6) is 0.0957. The molecule has 0 fully saturated rings. The first-order valence-corrected chi connectivity index (χ1v) is 8.26. The highest BCUT2D eigenvalue weighted by Crippen LogP contribution is 2.25. The van der Waals surface area contributed by atoms with Crippen LogP contribution in [0.1, 0.15) is 38.2 Å². The Morgan fingerprint density at radius 3 is 1.88 bits per heavy atom. The van der Waals surface area contributed by atoms with Crippen LogP contribution < -0.4 is 0 Å². The van der Waals surface area contributed by atoms with Crippen molar-refractivity contribution in [2.45, 2.75) is 27.7 Å². The van der Waals surface area contributed by atoms with Crippen LogP contribution in [0, 0.1) is 27.7 Å². The van der Waals surface area contributed by atoms with Crippen LogP contribution in [0.25, 0.3) is 11.1 Å². The summed E-state index contributed by atoms with van der Waals surface area (Å²) in [5.41, 5.74) is 8.55. The fourth-order valence-electron chi connectivity index (χ4n) is 3.05. The topological polar surface area (TPSA) is 17.1 Å². The number of hydrogen-bond acceptors (Lipinski definition) is 1. The summed E-state index contributed by atoms with van der Waals surface area (Å²) in [7, 11) is 0. The predicted molar refractivity (Wildman–Crippen MR) is 101 cm³/mol. The van der Waals surface area contributed by atoms with Crippen molar-refractivity contribution in [2.75, 3.05) is 0 Å². The molecule has 0 unspecified atom stereocenters. The van der Waals surface area contributed by atoms with Gasteiger partial charge < -0.3 is 0 Å². The summed E-state index contributed by atoms with van der Waals surface area (Å²) in [4.78, 5) is 12.9. The molecule has 0 radical (unpaired) electrons. The molecule has 0 aromatic heterocycles. The van der Waals surface area contributed by atoms with Gasteiger partial charge in [0.05, 0.1) is 0 Å². The molecule has 1 nitrogen and oxygen atoms in total. The summed E-state index contributed by atoms with van der Waals surface area (Å²) in [6.07, 6.45) is 0. The molecule has 0 aliphatic rings. The zero-order valence-corrected chi connectivity index (χ0v) is 14.7. The molecule has 120 valence electrons. The van der Waals surface area contributed by atoms with Gasteiger partial charge in [-0.25, -0.2) is 0 Å². The molecule has 0 bridgehead atoms. The average molecular weight is 314 g/mol. The summed E-state index contributed by atoms with van der Waals surface area (Å²) >= 11 is 0. The van der Waals surface area contributed by atoms with Gasteiger partial charge in [0.1, 0.15) is 0 Å². The molecule has 3 aromatic carbocycles. The number of carbonyl (C=O) groups excluding carboxylic acids is 1. The minimum absolute atomic E-state index is 0.0957. The Hall–Kier alpha value is -2.67. The molecule has 0 aliphatic heterocycles. The van der Waals surface area contributed by atoms with Gasteiger partial charge in [-0.15, -0.1) is 0 Å². The minimum atomic E-state index is 0.0957. The van der Waals surface area contributed by atoms with Gasteiger partial charge in [0.25, 0.3) is 0 Å². The monoisotopic (exact) mass is 314 g/mol. The second-order valence-electron chi connectivity index (χ2n) is 6.39. The van der Waals surface area contributed by atoms with Gasteiger partial charge in [-0.05, 0) is 67.1 Å². The summed E-state index contributed by atoms with van der Waals surface area (Å²) in [6.45, 7) is 8.30. The third-order valence-corrected chi connectivity index (χ3v) is 4.98. The van der Waals surface area contributed by atoms with E-state index in [-0.39, 0.29) is 5.78 Å². The Morgan fingerprint density at radius 1 is 0.667 bits per heavy atom. The van der Waals surface area contributed by atoms with E-state index < -0.39 is 0 Å². The number of benzene rings is 3. The lowest BCUT2D eigenvalue weighted by Crippen LogP contribution is -2.07. The fourth-order valence-corrected chi connectivity index (χ4v) is 3.05. The van der Waals surface area contributed by atoms with E-state index >= 15 is 0 Å². The van der Waals surface area contributed by atoms with Crippen molar-refractivity contribution < 1.29 is 4.79 Å². The maximum Gasteiger partial charge on any atom is 0.193 e. The molecule has 3 aromatic rings. The van der Waals surface area contributed by atoms with E-state index in [4.69, 9.17) is 0 Å². The Balaban J connectivity index is 1.97. The van der Waals surface area contributed by atoms with Gasteiger partial charge in [0.15, 0.2) is 5.78 Å². The Morgan fingerprint density at radius 2 is 1.25 bits per heavy atom. The number of hydrogen-bond donors (Lipinski definition) is 0. The second kappa shape index (κ2) is 6.45. The highest BCUT2D eigenvalue weighted by molar-refractivity contribution is 6.10. The standard InChI is InChI=1S/C23H22O/c1-15-14-22(18(4)17(3)16(15)2)23(24)21-12-10-20(11-13-21)19-8-6-5-7-9-19/h5-14H,1-4H3. The molecular weight excluding hydrogens is 292 g/mol. The van der Waals surface area contributed by atoms with Crippen molar-refractivity contribution >= 4 is 5.78 Å². The summed E-state index contributed by atoms with van der Waals surface area (Å²) in [6, 6.07) is 20.1. The lowest BCUT2D eigenvalue weighted by molar-refractivity contribution is 0.103. The van der Waals surface area contributed by atoms with Crippen molar-refractivity contribution in [3.8, 4) is 11.1 Å². The summed E-state index contributed by atoms with van der Waals surface area (Å²) in [5, 5.41) is 0. The average Bonchev–Trinajstić information content (AvgIpc) is 2.63. The van der Waals surface area contributed by atoms with Gasteiger partial charge >= 0.3 is 0 Å². The third-order valence-electron chi connectivity index (χ3n) is 4.98. The number of ketones is 1. The van der Waals surface area contributed by atoms with Crippen molar-refractivity contribution in [1.29, 1.82) is 0 Å². The Kier molecular flexibility index (Phi) is 4.35.